The van der Waals surface area contributed by atoms with Crippen LogP contribution in [0.2, 0.25) is 20.1 Å². The second-order valence-electron chi connectivity index (χ2n) is 9.52. The number of benzene rings is 2. The van der Waals surface area contributed by atoms with E-state index in [2.05, 4.69) is 15.9 Å². The Hall–Kier alpha value is -2.58. The number of nitrogens with two attached hydrogens (primary N) is 1. The minimum atomic E-state index is -1.57. The molecule has 0 amide bonds. The van der Waals surface area contributed by atoms with Gasteiger partial charge in [-0.25, -0.2) is 9.97 Å². The number of terminal acetylenes is 1. The lowest BCUT2D eigenvalue weighted by atomic mass is 9.96. The van der Waals surface area contributed by atoms with Crippen LogP contribution < -0.4 is 5.73 Å². The number of hydrogen-bond donors (Lipinski definition) is 2. The van der Waals surface area contributed by atoms with Gasteiger partial charge in [0.25, 0.3) is 0 Å². The standard InChI is InChI=1S/C28H24Cl4N4O4/c1-3-15-10-36(26-23(15)25(33)34-14-35-26)27-28(2,37)24(39-12-17-5-7-19(30)9-21(17)32)22(40-27)13-38-11-16-4-6-18(29)8-20(16)31/h1,4-10,14,22,24,27,37H,11-13H2,2H3,(H2,33,34,35)/t22-,24-,27-,28-/m1/s1. The fourth-order valence-electron chi connectivity index (χ4n) is 4.78. The average Bonchev–Trinajstić information content (AvgIpc) is 3.39. The van der Waals surface area contributed by atoms with E-state index < -0.39 is 24.0 Å². The zero-order valence-corrected chi connectivity index (χ0v) is 24.2. The molecule has 5 rings (SSSR count). The van der Waals surface area contributed by atoms with E-state index in [1.807, 2.05) is 0 Å². The lowest BCUT2D eigenvalue weighted by Crippen LogP contribution is -2.46. The molecule has 2 aromatic carbocycles. The summed E-state index contributed by atoms with van der Waals surface area (Å²) in [5, 5.41) is 14.3. The first-order chi connectivity index (χ1) is 19.1. The van der Waals surface area contributed by atoms with Crippen molar-refractivity contribution in [3.63, 3.8) is 0 Å². The van der Waals surface area contributed by atoms with Crippen molar-refractivity contribution in [1.29, 1.82) is 0 Å². The van der Waals surface area contributed by atoms with Crippen molar-refractivity contribution >= 4 is 63.3 Å². The van der Waals surface area contributed by atoms with Gasteiger partial charge in [-0.3, -0.25) is 0 Å². The number of ether oxygens (including phenoxy) is 3. The van der Waals surface area contributed by atoms with Gasteiger partial charge in [-0.15, -0.1) is 6.42 Å². The lowest BCUT2D eigenvalue weighted by Gasteiger charge is -2.30. The fraction of sp³-hybridized carbons (Fsp3) is 0.286. The Morgan fingerprint density at radius 1 is 1.07 bits per heavy atom. The van der Waals surface area contributed by atoms with Gasteiger partial charge in [0, 0.05) is 26.3 Å². The van der Waals surface area contributed by atoms with Crippen molar-refractivity contribution in [3.05, 3.63) is 85.7 Å². The number of aromatic nitrogens is 3. The van der Waals surface area contributed by atoms with Crippen LogP contribution in [0.1, 0.15) is 29.8 Å². The third-order valence-corrected chi connectivity index (χ3v) is 7.93. The van der Waals surface area contributed by atoms with Crippen LogP contribution in [0.25, 0.3) is 11.0 Å². The second kappa shape index (κ2) is 11.7. The fourth-order valence-corrected chi connectivity index (χ4v) is 5.71. The van der Waals surface area contributed by atoms with Crippen LogP contribution in [0.15, 0.2) is 48.9 Å². The molecule has 0 aliphatic carbocycles. The molecule has 40 heavy (non-hydrogen) atoms. The van der Waals surface area contributed by atoms with Crippen LogP contribution in [0.3, 0.4) is 0 Å². The maximum absolute atomic E-state index is 11.9. The van der Waals surface area contributed by atoms with Gasteiger partial charge in [0.2, 0.25) is 0 Å². The van der Waals surface area contributed by atoms with E-state index in [1.165, 1.54) is 6.33 Å². The highest BCUT2D eigenvalue weighted by molar-refractivity contribution is 6.35. The number of hydrogen-bond acceptors (Lipinski definition) is 7. The highest BCUT2D eigenvalue weighted by Crippen LogP contribution is 2.43. The van der Waals surface area contributed by atoms with E-state index in [-0.39, 0.29) is 25.6 Å². The number of nitrogen functional groups attached to an aromatic ring is 1. The highest BCUT2D eigenvalue weighted by Gasteiger charge is 2.55. The summed E-state index contributed by atoms with van der Waals surface area (Å²) in [6, 6.07) is 10.3. The molecule has 4 atom stereocenters. The molecule has 8 nitrogen and oxygen atoms in total. The van der Waals surface area contributed by atoms with Gasteiger partial charge >= 0.3 is 0 Å². The molecular formula is C28H24Cl4N4O4. The Labute approximate surface area is 250 Å². The number of fused-ring (bicyclic) bond motifs is 1. The van der Waals surface area contributed by atoms with Gasteiger partial charge in [-0.2, -0.15) is 0 Å². The van der Waals surface area contributed by atoms with Crippen molar-refractivity contribution in [2.75, 3.05) is 12.3 Å². The van der Waals surface area contributed by atoms with E-state index in [4.69, 9.17) is 72.8 Å². The van der Waals surface area contributed by atoms with Crippen molar-refractivity contribution in [2.45, 2.75) is 44.2 Å². The SMILES string of the molecule is C#Cc1cn([C@@H]2O[C@H](COCc3ccc(Cl)cc3Cl)[C@@H](OCc3ccc(Cl)cc3Cl)[C@@]2(C)O)c2ncnc(N)c12. The number of nitrogens with zero attached hydrogens (tertiary/aromatic N) is 3. The molecular weight excluding hydrogens is 598 g/mol. The Bertz CT molecular complexity index is 1600. The highest BCUT2D eigenvalue weighted by atomic mass is 35.5. The summed E-state index contributed by atoms with van der Waals surface area (Å²) in [5.74, 6) is 2.82. The quantitative estimate of drug-likeness (QED) is 0.230. The third-order valence-electron chi connectivity index (χ3n) is 6.75. The summed E-state index contributed by atoms with van der Waals surface area (Å²) in [7, 11) is 0. The van der Waals surface area contributed by atoms with Crippen molar-refractivity contribution in [2.24, 2.45) is 0 Å². The van der Waals surface area contributed by atoms with Crippen LogP contribution in [0, 0.1) is 12.3 Å². The smallest absolute Gasteiger partial charge is 0.167 e. The maximum Gasteiger partial charge on any atom is 0.167 e. The van der Waals surface area contributed by atoms with Crippen molar-refractivity contribution in [3.8, 4) is 12.3 Å². The molecule has 0 spiro atoms. The molecule has 208 valence electrons. The van der Waals surface area contributed by atoms with E-state index in [0.717, 1.165) is 5.56 Å². The third kappa shape index (κ3) is 5.62. The Kier molecular flexibility index (Phi) is 8.48. The van der Waals surface area contributed by atoms with Crippen LogP contribution in [-0.2, 0) is 27.4 Å². The molecule has 1 saturated heterocycles. The monoisotopic (exact) mass is 620 g/mol. The first kappa shape index (κ1) is 28.9. The van der Waals surface area contributed by atoms with Gasteiger partial charge in [0.15, 0.2) is 6.23 Å². The van der Waals surface area contributed by atoms with Gasteiger partial charge in [0.1, 0.15) is 35.6 Å². The van der Waals surface area contributed by atoms with E-state index >= 15 is 0 Å². The van der Waals surface area contributed by atoms with Crippen molar-refractivity contribution < 1.29 is 19.3 Å². The number of aliphatic hydroxyl groups is 1. The zero-order valence-electron chi connectivity index (χ0n) is 21.2. The van der Waals surface area contributed by atoms with Crippen LogP contribution in [0.5, 0.6) is 0 Å². The molecule has 3 N–H and O–H groups in total. The van der Waals surface area contributed by atoms with Crippen molar-refractivity contribution in [1.82, 2.24) is 14.5 Å². The molecule has 4 aromatic rings. The van der Waals surface area contributed by atoms with Gasteiger partial charge in [0.05, 0.1) is 30.8 Å². The molecule has 0 unspecified atom stereocenters. The topological polar surface area (TPSA) is 105 Å². The summed E-state index contributed by atoms with van der Waals surface area (Å²) in [4.78, 5) is 8.41. The molecule has 3 heterocycles. The largest absolute Gasteiger partial charge is 0.383 e. The molecule has 12 heteroatoms. The van der Waals surface area contributed by atoms with E-state index in [1.54, 1.807) is 54.1 Å². The predicted molar refractivity (Wildman–Crippen MR) is 156 cm³/mol. The minimum Gasteiger partial charge on any atom is -0.383 e. The lowest BCUT2D eigenvalue weighted by molar-refractivity contribution is -0.114. The molecule has 1 aliphatic heterocycles. The molecule has 1 aliphatic rings. The Balaban J connectivity index is 1.44. The maximum atomic E-state index is 11.9. The molecule has 0 bridgehead atoms. The summed E-state index contributed by atoms with van der Waals surface area (Å²) in [5.41, 5.74) is 6.86. The average molecular weight is 622 g/mol. The molecule has 0 saturated carbocycles. The van der Waals surface area contributed by atoms with Gasteiger partial charge < -0.3 is 29.6 Å². The number of halogens is 4. The summed E-state index contributed by atoms with van der Waals surface area (Å²) >= 11 is 24.7. The Morgan fingerprint density at radius 3 is 2.35 bits per heavy atom. The Morgan fingerprint density at radius 2 is 1.73 bits per heavy atom. The van der Waals surface area contributed by atoms with Crippen LogP contribution in [0.4, 0.5) is 5.82 Å². The second-order valence-corrected chi connectivity index (χ2v) is 11.2. The minimum absolute atomic E-state index is 0.0724. The molecule has 2 aromatic heterocycles. The first-order valence-corrected chi connectivity index (χ1v) is 13.6. The van der Waals surface area contributed by atoms with Crippen LogP contribution in [-0.4, -0.2) is 44.1 Å². The predicted octanol–water partition coefficient (Wildman–Crippen LogP) is 6.06. The van der Waals surface area contributed by atoms with Gasteiger partial charge in [-0.1, -0.05) is 64.5 Å². The summed E-state index contributed by atoms with van der Waals surface area (Å²) < 4.78 is 20.3. The summed E-state index contributed by atoms with van der Waals surface area (Å²) in [6.45, 7) is 1.97. The van der Waals surface area contributed by atoms with Gasteiger partial charge in [-0.05, 0) is 42.3 Å². The van der Waals surface area contributed by atoms with Crippen LogP contribution >= 0.6 is 46.4 Å². The summed E-state index contributed by atoms with van der Waals surface area (Å²) in [6.07, 6.45) is 6.20. The van der Waals surface area contributed by atoms with E-state index in [0.29, 0.717) is 42.3 Å². The van der Waals surface area contributed by atoms with E-state index in [9.17, 15) is 5.11 Å². The first-order valence-electron chi connectivity index (χ1n) is 12.1. The molecule has 0 radical (unpaired) electrons. The number of rotatable bonds is 8. The zero-order chi connectivity index (χ0) is 28.6. The number of anilines is 1. The normalized spacial score (nSPS) is 22.6. The molecule has 1 fully saturated rings.